The molecule has 0 radical (unpaired) electrons. The molecule has 1 saturated heterocycles. The molecule has 2 rings (SSSR count). The van der Waals surface area contributed by atoms with Crippen LogP contribution in [0.4, 0.5) is 0 Å². The molecule has 17 heavy (non-hydrogen) atoms. The Hall–Kier alpha value is -0.870. The largest absolute Gasteiger partial charge is 0.331 e. The molecule has 3 nitrogen and oxygen atoms in total. The van der Waals surface area contributed by atoms with Crippen molar-refractivity contribution in [1.29, 1.82) is 0 Å². The highest BCUT2D eigenvalue weighted by Gasteiger charge is 2.22. The average Bonchev–Trinajstić information content (AvgIpc) is 2.32. The number of hydrogen-bond donors (Lipinski definition) is 0. The molecule has 90 valence electrons. The maximum atomic E-state index is 12.1. The first-order valence-corrected chi connectivity index (χ1v) is 6.51. The Bertz CT molecular complexity index is 476. The number of rotatable bonds is 1. The molecule has 1 aliphatic rings. The molecule has 0 bridgehead atoms. The van der Waals surface area contributed by atoms with E-state index in [1.54, 1.807) is 23.1 Å². The van der Waals surface area contributed by atoms with Gasteiger partial charge < -0.3 is 4.90 Å². The van der Waals surface area contributed by atoms with Gasteiger partial charge in [-0.05, 0) is 40.5 Å². The molecular weight excluding hydrogens is 305 g/mol. The molecule has 1 heterocycles. The van der Waals surface area contributed by atoms with Crippen molar-refractivity contribution in [2.45, 2.75) is 12.8 Å². The van der Waals surface area contributed by atoms with Crippen molar-refractivity contribution in [1.82, 2.24) is 4.90 Å². The monoisotopic (exact) mass is 315 g/mol. The Balaban J connectivity index is 2.18. The van der Waals surface area contributed by atoms with Crippen molar-refractivity contribution in [3.63, 3.8) is 0 Å². The molecule has 0 atom stereocenters. The number of benzene rings is 1. The zero-order valence-corrected chi connectivity index (χ0v) is 11.4. The molecule has 0 saturated carbocycles. The van der Waals surface area contributed by atoms with Gasteiger partial charge in [-0.1, -0.05) is 11.6 Å². The van der Waals surface area contributed by atoms with Gasteiger partial charge in [-0.2, -0.15) is 0 Å². The summed E-state index contributed by atoms with van der Waals surface area (Å²) in [6.07, 6.45) is 1.32. The second-order valence-corrected chi connectivity index (χ2v) is 5.26. The van der Waals surface area contributed by atoms with E-state index in [1.165, 1.54) is 0 Å². The van der Waals surface area contributed by atoms with E-state index in [0.29, 0.717) is 23.6 Å². The van der Waals surface area contributed by atoms with Gasteiger partial charge in [0.05, 0.1) is 11.6 Å². The number of nitrogens with zero attached hydrogens (tertiary/aromatic N) is 1. The van der Waals surface area contributed by atoms with Gasteiger partial charge in [-0.15, -0.1) is 0 Å². The standard InChI is InChI=1S/C12H11BrClNO2/c13-10-4-3-8(6-11(10)14)12(17)15-5-1-2-9(16)7-15/h3-4,6H,1-2,5,7H2. The third-order valence-electron chi connectivity index (χ3n) is 2.70. The molecule has 5 heteroatoms. The summed E-state index contributed by atoms with van der Waals surface area (Å²) in [6.45, 7) is 0.852. The summed E-state index contributed by atoms with van der Waals surface area (Å²) in [4.78, 5) is 25.0. The van der Waals surface area contributed by atoms with E-state index in [1.807, 2.05) is 0 Å². The minimum Gasteiger partial charge on any atom is -0.331 e. The van der Waals surface area contributed by atoms with Crippen molar-refractivity contribution in [2.24, 2.45) is 0 Å². The lowest BCUT2D eigenvalue weighted by Gasteiger charge is -2.25. The number of hydrogen-bond acceptors (Lipinski definition) is 2. The van der Waals surface area contributed by atoms with Crippen LogP contribution in [0, 0.1) is 0 Å². The van der Waals surface area contributed by atoms with E-state index in [0.717, 1.165) is 10.9 Å². The van der Waals surface area contributed by atoms with E-state index in [4.69, 9.17) is 11.6 Å². The van der Waals surface area contributed by atoms with Gasteiger partial charge in [0.25, 0.3) is 5.91 Å². The number of ketones is 1. The third kappa shape index (κ3) is 2.87. The van der Waals surface area contributed by atoms with Crippen LogP contribution in [-0.2, 0) is 4.79 Å². The second-order valence-electron chi connectivity index (χ2n) is 4.00. The van der Waals surface area contributed by atoms with Crippen LogP contribution in [0.3, 0.4) is 0 Å². The van der Waals surface area contributed by atoms with Crippen molar-refractivity contribution in [2.75, 3.05) is 13.1 Å². The first-order chi connectivity index (χ1) is 8.08. The van der Waals surface area contributed by atoms with Crippen molar-refractivity contribution in [3.8, 4) is 0 Å². The predicted octanol–water partition coefficient (Wildman–Crippen LogP) is 2.91. The predicted molar refractivity (Wildman–Crippen MR) is 69.3 cm³/mol. The molecule has 0 N–H and O–H groups in total. The summed E-state index contributed by atoms with van der Waals surface area (Å²) in [5.74, 6) is -0.0136. The first kappa shape index (κ1) is 12.6. The Labute approximate surface area is 113 Å². The SMILES string of the molecule is O=C1CCCN(C(=O)c2ccc(Br)c(Cl)c2)C1. The molecule has 1 fully saturated rings. The Morgan fingerprint density at radius 2 is 2.18 bits per heavy atom. The third-order valence-corrected chi connectivity index (χ3v) is 3.94. The number of amides is 1. The summed E-state index contributed by atoms with van der Waals surface area (Å²) in [5.41, 5.74) is 0.521. The average molecular weight is 317 g/mol. The number of carbonyl (C=O) groups excluding carboxylic acids is 2. The fraction of sp³-hybridized carbons (Fsp3) is 0.333. The smallest absolute Gasteiger partial charge is 0.254 e. The molecule has 0 spiro atoms. The van der Waals surface area contributed by atoms with Crippen LogP contribution in [0.2, 0.25) is 5.02 Å². The van der Waals surface area contributed by atoms with Crippen molar-refractivity contribution >= 4 is 39.2 Å². The molecular formula is C12H11BrClNO2. The summed E-state index contributed by atoms with van der Waals surface area (Å²) in [5, 5.41) is 0.499. The van der Waals surface area contributed by atoms with Crippen LogP contribution in [0.15, 0.2) is 22.7 Å². The van der Waals surface area contributed by atoms with E-state index < -0.39 is 0 Å². The minimum absolute atomic E-state index is 0.118. The highest BCUT2D eigenvalue weighted by molar-refractivity contribution is 9.10. The zero-order chi connectivity index (χ0) is 12.4. The lowest BCUT2D eigenvalue weighted by atomic mass is 10.1. The van der Waals surface area contributed by atoms with Crippen LogP contribution in [0.1, 0.15) is 23.2 Å². The summed E-state index contributed by atoms with van der Waals surface area (Å²) >= 11 is 9.21. The Kier molecular flexibility index (Phi) is 3.84. The molecule has 0 aliphatic carbocycles. The van der Waals surface area contributed by atoms with Gasteiger partial charge in [-0.25, -0.2) is 0 Å². The van der Waals surface area contributed by atoms with Crippen LogP contribution in [-0.4, -0.2) is 29.7 Å². The number of Topliss-reactive ketones (excluding diaryl/α,β-unsaturated/α-hetero) is 1. The highest BCUT2D eigenvalue weighted by Crippen LogP contribution is 2.24. The highest BCUT2D eigenvalue weighted by atomic mass is 79.9. The fourth-order valence-corrected chi connectivity index (χ4v) is 2.25. The van der Waals surface area contributed by atoms with Gasteiger partial charge in [0.1, 0.15) is 0 Å². The van der Waals surface area contributed by atoms with Crippen molar-refractivity contribution < 1.29 is 9.59 Å². The zero-order valence-electron chi connectivity index (χ0n) is 9.08. The molecule has 0 aromatic heterocycles. The molecule has 1 aliphatic heterocycles. The van der Waals surface area contributed by atoms with Gasteiger partial charge in [0.2, 0.25) is 0 Å². The van der Waals surface area contributed by atoms with E-state index in [-0.39, 0.29) is 18.2 Å². The lowest BCUT2D eigenvalue weighted by Crippen LogP contribution is -2.40. The number of piperidine rings is 1. The Morgan fingerprint density at radius 1 is 1.41 bits per heavy atom. The normalized spacial score (nSPS) is 16.1. The summed E-state index contributed by atoms with van der Waals surface area (Å²) in [7, 11) is 0. The second kappa shape index (κ2) is 5.19. The molecule has 1 amide bonds. The van der Waals surface area contributed by atoms with Gasteiger partial charge in [0.15, 0.2) is 5.78 Å². The summed E-state index contributed by atoms with van der Waals surface area (Å²) in [6, 6.07) is 5.06. The minimum atomic E-state index is -0.132. The number of carbonyl (C=O) groups is 2. The van der Waals surface area contributed by atoms with Gasteiger partial charge in [-0.3, -0.25) is 9.59 Å². The van der Waals surface area contributed by atoms with Crippen LogP contribution >= 0.6 is 27.5 Å². The molecule has 1 aromatic carbocycles. The summed E-state index contributed by atoms with van der Waals surface area (Å²) < 4.78 is 0.755. The number of likely N-dealkylation sites (tertiary alicyclic amines) is 1. The van der Waals surface area contributed by atoms with Crippen molar-refractivity contribution in [3.05, 3.63) is 33.3 Å². The lowest BCUT2D eigenvalue weighted by molar-refractivity contribution is -0.121. The fourth-order valence-electron chi connectivity index (χ4n) is 1.82. The topological polar surface area (TPSA) is 37.4 Å². The van der Waals surface area contributed by atoms with Gasteiger partial charge in [0, 0.05) is 23.0 Å². The van der Waals surface area contributed by atoms with Crippen LogP contribution < -0.4 is 0 Å². The van der Waals surface area contributed by atoms with E-state index in [9.17, 15) is 9.59 Å². The van der Waals surface area contributed by atoms with Crippen LogP contribution in [0.25, 0.3) is 0 Å². The maximum Gasteiger partial charge on any atom is 0.254 e. The van der Waals surface area contributed by atoms with Crippen LogP contribution in [0.5, 0.6) is 0 Å². The quantitative estimate of drug-likeness (QED) is 0.799. The Morgan fingerprint density at radius 3 is 2.82 bits per heavy atom. The molecule has 0 unspecified atom stereocenters. The van der Waals surface area contributed by atoms with Gasteiger partial charge >= 0.3 is 0 Å². The first-order valence-electron chi connectivity index (χ1n) is 5.34. The van der Waals surface area contributed by atoms with E-state index >= 15 is 0 Å². The maximum absolute atomic E-state index is 12.1. The van der Waals surface area contributed by atoms with E-state index in [2.05, 4.69) is 15.9 Å². The molecule has 1 aromatic rings. The number of halogens is 2.